The number of rotatable bonds is 4. The topological polar surface area (TPSA) is 55.1 Å². The first kappa shape index (κ1) is 18.2. The van der Waals surface area contributed by atoms with Gasteiger partial charge in [-0.2, -0.15) is 13.2 Å². The highest BCUT2D eigenvalue weighted by Gasteiger charge is 2.54. The summed E-state index contributed by atoms with van der Waals surface area (Å²) >= 11 is 0. The number of amides is 1. The van der Waals surface area contributed by atoms with Crippen LogP contribution in [0.25, 0.3) is 11.3 Å². The van der Waals surface area contributed by atoms with Crippen LogP contribution in [0.2, 0.25) is 0 Å². The summed E-state index contributed by atoms with van der Waals surface area (Å²) < 4.78 is 58.6. The summed E-state index contributed by atoms with van der Waals surface area (Å²) in [4.78, 5) is 12.8. The van der Waals surface area contributed by atoms with Crippen molar-refractivity contribution < 1.29 is 26.9 Å². The normalized spacial score (nSPS) is 15.3. The van der Waals surface area contributed by atoms with E-state index in [-0.39, 0.29) is 22.7 Å². The summed E-state index contributed by atoms with van der Waals surface area (Å²) in [6, 6.07) is 12.2. The Morgan fingerprint density at radius 1 is 1.07 bits per heavy atom. The van der Waals surface area contributed by atoms with Crippen molar-refractivity contribution in [3.05, 3.63) is 71.7 Å². The standard InChI is InChI=1S/C20H14F4N2O2/c21-14-7-3-1-5-12(14)16-11-17(26-28-16)19(9-10-19)18(27)25-15-8-4-2-6-13(15)20(22,23)24/h1-8,11H,9-10H2,(H,25,27). The van der Waals surface area contributed by atoms with E-state index < -0.39 is 28.9 Å². The van der Waals surface area contributed by atoms with Crippen LogP contribution < -0.4 is 5.32 Å². The lowest BCUT2D eigenvalue weighted by atomic mass is 9.99. The maximum absolute atomic E-state index is 13.9. The predicted octanol–water partition coefficient (Wildman–Crippen LogP) is 5.17. The molecule has 1 aliphatic carbocycles. The van der Waals surface area contributed by atoms with Crippen molar-refractivity contribution in [3.63, 3.8) is 0 Å². The van der Waals surface area contributed by atoms with Gasteiger partial charge in [-0.25, -0.2) is 4.39 Å². The van der Waals surface area contributed by atoms with E-state index in [2.05, 4.69) is 10.5 Å². The Morgan fingerprint density at radius 2 is 1.75 bits per heavy atom. The van der Waals surface area contributed by atoms with Crippen LogP contribution >= 0.6 is 0 Å². The largest absolute Gasteiger partial charge is 0.418 e. The van der Waals surface area contributed by atoms with Gasteiger partial charge in [-0.1, -0.05) is 29.4 Å². The lowest BCUT2D eigenvalue weighted by Gasteiger charge is -2.16. The van der Waals surface area contributed by atoms with Crippen molar-refractivity contribution in [1.29, 1.82) is 0 Å². The van der Waals surface area contributed by atoms with E-state index in [4.69, 9.17) is 4.52 Å². The van der Waals surface area contributed by atoms with Crippen LogP contribution in [0, 0.1) is 5.82 Å². The number of alkyl halides is 3. The summed E-state index contributed by atoms with van der Waals surface area (Å²) in [6.45, 7) is 0. The highest BCUT2D eigenvalue weighted by Crippen LogP contribution is 2.49. The van der Waals surface area contributed by atoms with Gasteiger partial charge in [0.2, 0.25) is 5.91 Å². The van der Waals surface area contributed by atoms with Crippen LogP contribution in [0.4, 0.5) is 23.2 Å². The second-order valence-corrected chi connectivity index (χ2v) is 6.64. The van der Waals surface area contributed by atoms with Gasteiger partial charge < -0.3 is 9.84 Å². The summed E-state index contributed by atoms with van der Waals surface area (Å²) in [5, 5.41) is 6.24. The summed E-state index contributed by atoms with van der Waals surface area (Å²) in [6.07, 6.45) is -3.76. The van der Waals surface area contributed by atoms with Crippen LogP contribution in [0.1, 0.15) is 24.1 Å². The van der Waals surface area contributed by atoms with Crippen LogP contribution in [0.3, 0.4) is 0 Å². The van der Waals surface area contributed by atoms with Crippen molar-refractivity contribution in [1.82, 2.24) is 5.16 Å². The number of para-hydroxylation sites is 1. The first-order valence-corrected chi connectivity index (χ1v) is 8.51. The smallest absolute Gasteiger partial charge is 0.356 e. The van der Waals surface area contributed by atoms with E-state index in [0.717, 1.165) is 6.07 Å². The van der Waals surface area contributed by atoms with Crippen molar-refractivity contribution in [2.45, 2.75) is 24.4 Å². The fourth-order valence-corrected chi connectivity index (χ4v) is 3.09. The van der Waals surface area contributed by atoms with Crippen LogP contribution in [-0.4, -0.2) is 11.1 Å². The first-order chi connectivity index (χ1) is 13.3. The minimum atomic E-state index is -4.59. The first-order valence-electron chi connectivity index (χ1n) is 8.51. The van der Waals surface area contributed by atoms with E-state index in [0.29, 0.717) is 12.8 Å². The lowest BCUT2D eigenvalue weighted by Crippen LogP contribution is -2.29. The Bertz CT molecular complexity index is 1040. The number of hydrogen-bond donors (Lipinski definition) is 1. The fraction of sp³-hybridized carbons (Fsp3) is 0.200. The van der Waals surface area contributed by atoms with Gasteiger partial charge in [0.25, 0.3) is 0 Å². The monoisotopic (exact) mass is 390 g/mol. The molecular weight excluding hydrogens is 376 g/mol. The van der Waals surface area contributed by atoms with Gasteiger partial charge >= 0.3 is 6.18 Å². The molecule has 4 rings (SSSR count). The molecule has 2 aromatic carbocycles. The molecule has 1 saturated carbocycles. The molecule has 1 N–H and O–H groups in total. The SMILES string of the molecule is O=C(Nc1ccccc1C(F)(F)F)C1(c2cc(-c3ccccc3F)on2)CC1. The molecule has 0 unspecified atom stereocenters. The molecule has 0 radical (unpaired) electrons. The van der Waals surface area contributed by atoms with E-state index in [1.807, 2.05) is 0 Å². The number of carbonyl (C=O) groups excluding carboxylic acids is 1. The quantitative estimate of drug-likeness (QED) is 0.626. The van der Waals surface area contributed by atoms with Gasteiger partial charge in [-0.3, -0.25) is 4.79 Å². The third-order valence-corrected chi connectivity index (χ3v) is 4.81. The Balaban J connectivity index is 1.61. The maximum Gasteiger partial charge on any atom is 0.418 e. The third kappa shape index (κ3) is 3.15. The molecule has 1 aromatic heterocycles. The number of nitrogens with one attached hydrogen (secondary N) is 1. The number of halogens is 4. The minimum Gasteiger partial charge on any atom is -0.356 e. The molecule has 28 heavy (non-hydrogen) atoms. The fourth-order valence-electron chi connectivity index (χ4n) is 3.09. The third-order valence-electron chi connectivity index (χ3n) is 4.81. The van der Waals surface area contributed by atoms with E-state index >= 15 is 0 Å². The molecule has 0 spiro atoms. The van der Waals surface area contributed by atoms with Crippen molar-refractivity contribution in [3.8, 4) is 11.3 Å². The van der Waals surface area contributed by atoms with Gasteiger partial charge in [0, 0.05) is 6.07 Å². The number of nitrogens with zero attached hydrogens (tertiary/aromatic N) is 1. The van der Waals surface area contributed by atoms with Crippen LogP contribution in [0.5, 0.6) is 0 Å². The molecule has 0 atom stereocenters. The molecule has 0 aliphatic heterocycles. The zero-order chi connectivity index (χ0) is 19.9. The number of benzene rings is 2. The molecule has 1 fully saturated rings. The summed E-state index contributed by atoms with van der Waals surface area (Å²) in [7, 11) is 0. The molecule has 1 amide bonds. The number of carbonyl (C=O) groups is 1. The molecular formula is C20H14F4N2O2. The van der Waals surface area contributed by atoms with Crippen LogP contribution in [0.15, 0.2) is 59.1 Å². The second kappa shape index (κ2) is 6.47. The summed E-state index contributed by atoms with van der Waals surface area (Å²) in [5.41, 5.74) is -1.85. The van der Waals surface area contributed by atoms with Gasteiger partial charge in [-0.05, 0) is 37.1 Å². The lowest BCUT2D eigenvalue weighted by molar-refractivity contribution is -0.137. The molecule has 1 heterocycles. The summed E-state index contributed by atoms with van der Waals surface area (Å²) in [5.74, 6) is -0.945. The van der Waals surface area contributed by atoms with Crippen molar-refractivity contribution >= 4 is 11.6 Å². The molecule has 1 aliphatic rings. The Kier molecular flexibility index (Phi) is 4.21. The second-order valence-electron chi connectivity index (χ2n) is 6.64. The van der Waals surface area contributed by atoms with E-state index in [1.54, 1.807) is 6.07 Å². The molecule has 144 valence electrons. The van der Waals surface area contributed by atoms with Crippen molar-refractivity contribution in [2.24, 2.45) is 0 Å². The highest BCUT2D eigenvalue weighted by molar-refractivity contribution is 6.01. The van der Waals surface area contributed by atoms with Gasteiger partial charge in [0.15, 0.2) is 5.76 Å². The number of anilines is 1. The van der Waals surface area contributed by atoms with E-state index in [1.165, 1.54) is 42.5 Å². The average molecular weight is 390 g/mol. The molecule has 8 heteroatoms. The van der Waals surface area contributed by atoms with E-state index in [9.17, 15) is 22.4 Å². The maximum atomic E-state index is 13.9. The van der Waals surface area contributed by atoms with Crippen LogP contribution in [-0.2, 0) is 16.4 Å². The van der Waals surface area contributed by atoms with Crippen molar-refractivity contribution in [2.75, 3.05) is 5.32 Å². The number of aromatic nitrogens is 1. The average Bonchev–Trinajstić information content (AvgIpc) is 3.33. The Labute approximate surface area is 157 Å². The predicted molar refractivity (Wildman–Crippen MR) is 92.9 cm³/mol. The van der Waals surface area contributed by atoms with Gasteiger partial charge in [0.05, 0.1) is 27.9 Å². The molecule has 3 aromatic rings. The highest BCUT2D eigenvalue weighted by atomic mass is 19.4. The van der Waals surface area contributed by atoms with Gasteiger partial charge in [-0.15, -0.1) is 0 Å². The minimum absolute atomic E-state index is 0.155. The molecule has 0 saturated heterocycles. The van der Waals surface area contributed by atoms with Gasteiger partial charge in [0.1, 0.15) is 5.82 Å². The zero-order valence-electron chi connectivity index (χ0n) is 14.4. The number of hydrogen-bond acceptors (Lipinski definition) is 3. The molecule has 4 nitrogen and oxygen atoms in total. The zero-order valence-corrected chi connectivity index (χ0v) is 14.4. The Hall–Kier alpha value is -3.16. The Morgan fingerprint density at radius 3 is 2.43 bits per heavy atom. The molecule has 0 bridgehead atoms.